The number of carbonyl (C=O) groups excluding carboxylic acids is 2. The van der Waals surface area contributed by atoms with E-state index in [1.54, 1.807) is 0 Å². The van der Waals surface area contributed by atoms with Crippen LogP contribution in [0.3, 0.4) is 0 Å². The van der Waals surface area contributed by atoms with E-state index in [-0.39, 0.29) is 22.8 Å². The zero-order valence-electron chi connectivity index (χ0n) is 18.1. The predicted molar refractivity (Wildman–Crippen MR) is 118 cm³/mol. The lowest BCUT2D eigenvalue weighted by atomic mass is 9.95. The maximum atomic E-state index is 12.6. The summed E-state index contributed by atoms with van der Waals surface area (Å²) in [6.45, 7) is 3.93. The van der Waals surface area contributed by atoms with E-state index in [2.05, 4.69) is 10.6 Å². The Bertz CT molecular complexity index is 946. The first kappa shape index (κ1) is 24.8. The third-order valence-electron chi connectivity index (χ3n) is 5.16. The van der Waals surface area contributed by atoms with Crippen molar-refractivity contribution in [2.45, 2.75) is 45.3 Å². The van der Waals surface area contributed by atoms with Crippen LogP contribution < -0.4 is 10.6 Å². The largest absolute Gasteiger partial charge is 0.504 e. The minimum Gasteiger partial charge on any atom is -0.504 e. The van der Waals surface area contributed by atoms with Gasteiger partial charge in [0.2, 0.25) is 0 Å². The van der Waals surface area contributed by atoms with Gasteiger partial charge in [0.25, 0.3) is 11.8 Å². The molecule has 2 rings (SSSR count). The van der Waals surface area contributed by atoms with Crippen LogP contribution in [-0.4, -0.2) is 56.0 Å². The fourth-order valence-electron chi connectivity index (χ4n) is 3.25. The van der Waals surface area contributed by atoms with Gasteiger partial charge in [-0.15, -0.1) is 0 Å². The Morgan fingerprint density at radius 1 is 0.844 bits per heavy atom. The topological polar surface area (TPSA) is 159 Å². The van der Waals surface area contributed by atoms with Crippen LogP contribution in [0.25, 0.3) is 0 Å². The molecule has 9 nitrogen and oxygen atoms in total. The van der Waals surface area contributed by atoms with Gasteiger partial charge in [-0.25, -0.2) is 0 Å². The number of unbranched alkanes of at least 4 members (excludes halogenated alkanes) is 1. The zero-order valence-corrected chi connectivity index (χ0v) is 18.1. The van der Waals surface area contributed by atoms with Gasteiger partial charge in [0.15, 0.2) is 23.0 Å². The number of amides is 2. The van der Waals surface area contributed by atoms with E-state index in [1.165, 1.54) is 36.4 Å². The molecule has 2 aromatic rings. The van der Waals surface area contributed by atoms with Gasteiger partial charge in [-0.05, 0) is 49.4 Å². The Morgan fingerprint density at radius 3 is 1.91 bits per heavy atom. The summed E-state index contributed by atoms with van der Waals surface area (Å²) in [5, 5.41) is 54.6. The highest BCUT2D eigenvalue weighted by atomic mass is 16.3. The molecule has 32 heavy (non-hydrogen) atoms. The second-order valence-corrected chi connectivity index (χ2v) is 7.91. The van der Waals surface area contributed by atoms with Crippen LogP contribution in [0.1, 0.15) is 53.8 Å². The number of aliphatic hydroxyl groups is 1. The molecular formula is C23H30N2O7. The second-order valence-electron chi connectivity index (χ2n) is 7.91. The lowest BCUT2D eigenvalue weighted by Gasteiger charge is -2.27. The molecule has 0 aliphatic carbocycles. The molecule has 2 unspecified atom stereocenters. The van der Waals surface area contributed by atoms with Crippen molar-refractivity contribution in [2.75, 3.05) is 6.54 Å². The van der Waals surface area contributed by atoms with Gasteiger partial charge in [-0.1, -0.05) is 26.0 Å². The highest BCUT2D eigenvalue weighted by molar-refractivity contribution is 5.98. The second kappa shape index (κ2) is 11.2. The molecule has 0 radical (unpaired) electrons. The number of phenols is 4. The lowest BCUT2D eigenvalue weighted by Crippen LogP contribution is -2.45. The van der Waals surface area contributed by atoms with Crippen molar-refractivity contribution < 1.29 is 35.1 Å². The van der Waals surface area contributed by atoms with Gasteiger partial charge >= 0.3 is 0 Å². The van der Waals surface area contributed by atoms with Crippen LogP contribution in [0.2, 0.25) is 0 Å². The predicted octanol–water partition coefficient (Wildman–Crippen LogP) is 2.22. The van der Waals surface area contributed by atoms with Gasteiger partial charge in [0.1, 0.15) is 0 Å². The number of aliphatic hydroxyl groups excluding tert-OH is 1. The van der Waals surface area contributed by atoms with E-state index < -0.39 is 41.2 Å². The van der Waals surface area contributed by atoms with Crippen molar-refractivity contribution in [2.24, 2.45) is 5.92 Å². The van der Waals surface area contributed by atoms with E-state index in [4.69, 9.17) is 0 Å². The minimum atomic E-state index is -0.836. The molecule has 0 aliphatic rings. The van der Waals surface area contributed by atoms with Crippen LogP contribution in [0.5, 0.6) is 23.0 Å². The standard InChI is InChI=1S/C23H30N2O7/c1-13(2)19(28)16(25-23(32)15-8-6-11-18(27)21(15)30)9-3-4-12-24-22(31)14-7-5-10-17(26)20(14)29/h5-8,10-11,13,16,19,26-30H,3-4,9,12H2,1-2H3,(H,24,31)(H,25,32). The van der Waals surface area contributed by atoms with Crippen LogP contribution in [0.15, 0.2) is 36.4 Å². The summed E-state index contributed by atoms with van der Waals surface area (Å²) < 4.78 is 0. The molecule has 2 aromatic carbocycles. The molecule has 174 valence electrons. The molecule has 0 heterocycles. The van der Waals surface area contributed by atoms with Gasteiger partial charge in [-0.2, -0.15) is 0 Å². The number of phenolic OH excluding ortho intramolecular Hbond substituents is 4. The van der Waals surface area contributed by atoms with Crippen molar-refractivity contribution >= 4 is 11.8 Å². The number of aromatic hydroxyl groups is 4. The monoisotopic (exact) mass is 446 g/mol. The Labute approximate surface area is 186 Å². The number of hydrogen-bond acceptors (Lipinski definition) is 7. The molecular weight excluding hydrogens is 416 g/mol. The molecule has 0 spiro atoms. The van der Waals surface area contributed by atoms with Crippen molar-refractivity contribution in [3.05, 3.63) is 47.5 Å². The number of hydrogen-bond donors (Lipinski definition) is 7. The first-order valence-corrected chi connectivity index (χ1v) is 10.4. The summed E-state index contributed by atoms with van der Waals surface area (Å²) in [6.07, 6.45) is 0.683. The molecule has 9 heteroatoms. The summed E-state index contributed by atoms with van der Waals surface area (Å²) in [5.74, 6) is -3.07. The number of carbonyl (C=O) groups is 2. The van der Waals surface area contributed by atoms with Crippen LogP contribution in [0.4, 0.5) is 0 Å². The molecule has 0 fully saturated rings. The molecule has 2 amide bonds. The summed E-state index contributed by atoms with van der Waals surface area (Å²) in [7, 11) is 0. The van der Waals surface area contributed by atoms with Crippen LogP contribution in [-0.2, 0) is 0 Å². The first-order valence-electron chi connectivity index (χ1n) is 10.4. The third kappa shape index (κ3) is 6.27. The number of para-hydroxylation sites is 2. The summed E-state index contributed by atoms with van der Waals surface area (Å²) in [4.78, 5) is 24.7. The molecule has 0 saturated carbocycles. The van der Waals surface area contributed by atoms with Crippen molar-refractivity contribution in [1.29, 1.82) is 0 Å². The van der Waals surface area contributed by atoms with Crippen LogP contribution in [0, 0.1) is 5.92 Å². The average molecular weight is 447 g/mol. The molecule has 0 aromatic heterocycles. The Morgan fingerprint density at radius 2 is 1.38 bits per heavy atom. The molecule has 0 saturated heterocycles. The fourth-order valence-corrected chi connectivity index (χ4v) is 3.25. The summed E-state index contributed by atoms with van der Waals surface area (Å²) in [5.41, 5.74) is -0.125. The number of benzene rings is 2. The maximum Gasteiger partial charge on any atom is 0.255 e. The minimum absolute atomic E-state index is 0.0312. The highest BCUT2D eigenvalue weighted by Gasteiger charge is 2.25. The Kier molecular flexibility index (Phi) is 8.71. The molecule has 0 aliphatic heterocycles. The van der Waals surface area contributed by atoms with Gasteiger partial charge in [0.05, 0.1) is 23.3 Å². The maximum absolute atomic E-state index is 12.6. The molecule has 7 N–H and O–H groups in total. The summed E-state index contributed by atoms with van der Waals surface area (Å²) >= 11 is 0. The van der Waals surface area contributed by atoms with Gasteiger partial charge in [-0.3, -0.25) is 9.59 Å². The quantitative estimate of drug-likeness (QED) is 0.218. The third-order valence-corrected chi connectivity index (χ3v) is 5.16. The van der Waals surface area contributed by atoms with E-state index in [9.17, 15) is 35.1 Å². The number of rotatable bonds is 10. The lowest BCUT2D eigenvalue weighted by molar-refractivity contribution is 0.0657. The average Bonchev–Trinajstić information content (AvgIpc) is 2.75. The van der Waals surface area contributed by atoms with Gasteiger partial charge in [0, 0.05) is 6.54 Å². The smallest absolute Gasteiger partial charge is 0.255 e. The molecule has 2 atom stereocenters. The van der Waals surface area contributed by atoms with Gasteiger partial charge < -0.3 is 36.2 Å². The van der Waals surface area contributed by atoms with Crippen LogP contribution >= 0.6 is 0 Å². The van der Waals surface area contributed by atoms with Crippen molar-refractivity contribution in [3.63, 3.8) is 0 Å². The normalized spacial score (nSPS) is 12.9. The Hall–Kier alpha value is -3.46. The summed E-state index contributed by atoms with van der Waals surface area (Å²) in [6, 6.07) is 7.59. The van der Waals surface area contributed by atoms with E-state index >= 15 is 0 Å². The molecule has 0 bridgehead atoms. The van der Waals surface area contributed by atoms with E-state index in [1.807, 2.05) is 13.8 Å². The van der Waals surface area contributed by atoms with Crippen molar-refractivity contribution in [3.8, 4) is 23.0 Å². The first-order chi connectivity index (χ1) is 15.1. The Balaban J connectivity index is 1.91. The zero-order chi connectivity index (χ0) is 23.8. The van der Waals surface area contributed by atoms with E-state index in [0.717, 1.165) is 0 Å². The SMILES string of the molecule is CC(C)C(O)C(CCCCNC(=O)c1cccc(O)c1O)NC(=O)c1cccc(O)c1O. The highest BCUT2D eigenvalue weighted by Crippen LogP contribution is 2.29. The van der Waals surface area contributed by atoms with Crippen molar-refractivity contribution in [1.82, 2.24) is 10.6 Å². The fraction of sp³-hybridized carbons (Fsp3) is 0.391. The van der Waals surface area contributed by atoms with E-state index in [0.29, 0.717) is 25.8 Å². The number of nitrogens with one attached hydrogen (secondary N) is 2.